The van der Waals surface area contributed by atoms with E-state index in [0.717, 1.165) is 12.8 Å². The average molecular weight is 230 g/mol. The van der Waals surface area contributed by atoms with Crippen LogP contribution in [0.4, 0.5) is 5.69 Å². The summed E-state index contributed by atoms with van der Waals surface area (Å²) in [5, 5.41) is 3.04. The summed E-state index contributed by atoms with van der Waals surface area (Å²) in [6, 6.07) is 1.41. The molecule has 15 heavy (non-hydrogen) atoms. The van der Waals surface area contributed by atoms with Crippen LogP contribution in [0.15, 0.2) is 17.3 Å². The van der Waals surface area contributed by atoms with Crippen molar-refractivity contribution < 1.29 is 13.2 Å². The lowest BCUT2D eigenvalue weighted by atomic mass is 10.4. The van der Waals surface area contributed by atoms with Crippen molar-refractivity contribution in [2.24, 2.45) is 0 Å². The van der Waals surface area contributed by atoms with Crippen LogP contribution >= 0.6 is 0 Å². The van der Waals surface area contributed by atoms with Crippen molar-refractivity contribution in [3.63, 3.8) is 0 Å². The Balaban J connectivity index is 3.19. The Morgan fingerprint density at radius 1 is 1.53 bits per heavy atom. The highest BCUT2D eigenvalue weighted by Crippen LogP contribution is 2.25. The number of rotatable bonds is 4. The molecule has 0 amide bonds. The molecule has 5 nitrogen and oxygen atoms in total. The van der Waals surface area contributed by atoms with Gasteiger partial charge in [-0.05, 0) is 6.92 Å². The van der Waals surface area contributed by atoms with Crippen molar-refractivity contribution in [1.82, 2.24) is 4.98 Å². The highest BCUT2D eigenvalue weighted by Gasteiger charge is 2.12. The molecule has 0 bridgehead atoms. The standard InChI is InChI=1S/C9H14N2O3S/c1-4-10-7-6-11-9(15(3,12)13)5-8(7)14-2/h5-6,10H,4H2,1-3H3. The van der Waals surface area contributed by atoms with Crippen LogP contribution in [0.5, 0.6) is 5.75 Å². The van der Waals surface area contributed by atoms with E-state index in [1.165, 1.54) is 19.4 Å². The van der Waals surface area contributed by atoms with Crippen LogP contribution in [0.2, 0.25) is 0 Å². The zero-order valence-corrected chi connectivity index (χ0v) is 9.76. The fourth-order valence-corrected chi connectivity index (χ4v) is 1.68. The number of methoxy groups -OCH3 is 1. The van der Waals surface area contributed by atoms with Gasteiger partial charge in [-0.15, -0.1) is 0 Å². The second kappa shape index (κ2) is 4.48. The van der Waals surface area contributed by atoms with Crippen LogP contribution in [-0.2, 0) is 9.84 Å². The summed E-state index contributed by atoms with van der Waals surface area (Å²) < 4.78 is 27.5. The maximum Gasteiger partial charge on any atom is 0.192 e. The summed E-state index contributed by atoms with van der Waals surface area (Å²) in [5.41, 5.74) is 0.687. The van der Waals surface area contributed by atoms with E-state index in [9.17, 15) is 8.42 Å². The van der Waals surface area contributed by atoms with E-state index in [4.69, 9.17) is 4.74 Å². The molecule has 0 radical (unpaired) electrons. The number of nitrogens with zero attached hydrogens (tertiary/aromatic N) is 1. The molecule has 0 aliphatic carbocycles. The highest BCUT2D eigenvalue weighted by atomic mass is 32.2. The van der Waals surface area contributed by atoms with Gasteiger partial charge in [-0.2, -0.15) is 0 Å². The molecular weight excluding hydrogens is 216 g/mol. The van der Waals surface area contributed by atoms with Gasteiger partial charge in [0.1, 0.15) is 5.75 Å². The third-order valence-electron chi connectivity index (χ3n) is 1.81. The van der Waals surface area contributed by atoms with Gasteiger partial charge in [0.2, 0.25) is 0 Å². The summed E-state index contributed by atoms with van der Waals surface area (Å²) in [5.74, 6) is 0.479. The maximum atomic E-state index is 11.2. The molecule has 0 saturated heterocycles. The number of nitrogens with one attached hydrogen (secondary N) is 1. The zero-order valence-electron chi connectivity index (χ0n) is 8.94. The number of sulfone groups is 1. The molecule has 0 saturated carbocycles. The SMILES string of the molecule is CCNc1cnc(S(C)(=O)=O)cc1OC. The Hall–Kier alpha value is -1.30. The van der Waals surface area contributed by atoms with Crippen molar-refractivity contribution in [2.75, 3.05) is 25.2 Å². The van der Waals surface area contributed by atoms with E-state index in [2.05, 4.69) is 10.3 Å². The summed E-state index contributed by atoms with van der Waals surface area (Å²) in [7, 11) is -1.80. The molecule has 1 aromatic rings. The van der Waals surface area contributed by atoms with Crippen LogP contribution in [-0.4, -0.2) is 33.3 Å². The summed E-state index contributed by atoms with van der Waals surface area (Å²) >= 11 is 0. The Morgan fingerprint density at radius 2 is 2.20 bits per heavy atom. The van der Waals surface area contributed by atoms with Crippen LogP contribution in [0, 0.1) is 0 Å². The molecule has 1 rings (SSSR count). The summed E-state index contributed by atoms with van der Waals surface area (Å²) in [4.78, 5) is 3.85. The Labute approximate surface area is 89.4 Å². The zero-order chi connectivity index (χ0) is 11.5. The lowest BCUT2D eigenvalue weighted by Gasteiger charge is -2.09. The van der Waals surface area contributed by atoms with Gasteiger partial charge in [0.25, 0.3) is 0 Å². The first-order valence-corrected chi connectivity index (χ1v) is 6.36. The van der Waals surface area contributed by atoms with Crippen molar-refractivity contribution in [2.45, 2.75) is 11.9 Å². The fourth-order valence-electron chi connectivity index (χ4n) is 1.11. The first-order valence-electron chi connectivity index (χ1n) is 4.47. The minimum absolute atomic E-state index is 0.0148. The second-order valence-corrected chi connectivity index (χ2v) is 4.99. The Morgan fingerprint density at radius 3 is 2.67 bits per heavy atom. The molecule has 0 atom stereocenters. The third kappa shape index (κ3) is 2.82. The third-order valence-corrected chi connectivity index (χ3v) is 2.79. The molecule has 1 N–H and O–H groups in total. The first-order chi connectivity index (χ1) is 6.99. The number of anilines is 1. The van der Waals surface area contributed by atoms with Gasteiger partial charge in [-0.1, -0.05) is 0 Å². The van der Waals surface area contributed by atoms with Crippen molar-refractivity contribution in [1.29, 1.82) is 0 Å². The van der Waals surface area contributed by atoms with E-state index in [1.54, 1.807) is 0 Å². The number of pyridine rings is 1. The molecule has 0 aliphatic heterocycles. The quantitative estimate of drug-likeness (QED) is 0.833. The molecular formula is C9H14N2O3S. The number of aromatic nitrogens is 1. The second-order valence-electron chi connectivity index (χ2n) is 3.03. The maximum absolute atomic E-state index is 11.2. The van der Waals surface area contributed by atoms with Crippen molar-refractivity contribution >= 4 is 15.5 Å². The van der Waals surface area contributed by atoms with Gasteiger partial charge in [-0.3, -0.25) is 0 Å². The normalized spacial score (nSPS) is 11.1. The predicted octanol–water partition coefficient (Wildman–Crippen LogP) is 0.925. The van der Waals surface area contributed by atoms with Crippen molar-refractivity contribution in [3.8, 4) is 5.75 Å². The molecule has 0 aromatic carbocycles. The lowest BCUT2D eigenvalue weighted by molar-refractivity contribution is 0.414. The molecule has 0 spiro atoms. The topological polar surface area (TPSA) is 68.3 Å². The monoisotopic (exact) mass is 230 g/mol. The van der Waals surface area contributed by atoms with E-state index in [-0.39, 0.29) is 5.03 Å². The molecule has 0 fully saturated rings. The average Bonchev–Trinajstić information content (AvgIpc) is 2.17. The molecule has 1 heterocycles. The number of hydrogen-bond donors (Lipinski definition) is 1. The predicted molar refractivity (Wildman–Crippen MR) is 58.1 cm³/mol. The van der Waals surface area contributed by atoms with Gasteiger partial charge in [0.15, 0.2) is 14.9 Å². The molecule has 1 aromatic heterocycles. The largest absolute Gasteiger partial charge is 0.494 e. The van der Waals surface area contributed by atoms with Crippen LogP contribution in [0.25, 0.3) is 0 Å². The van der Waals surface area contributed by atoms with Gasteiger partial charge in [-0.25, -0.2) is 13.4 Å². The molecule has 0 aliphatic rings. The van der Waals surface area contributed by atoms with Gasteiger partial charge < -0.3 is 10.1 Å². The summed E-state index contributed by atoms with van der Waals surface area (Å²) in [6.07, 6.45) is 2.57. The number of hydrogen-bond acceptors (Lipinski definition) is 5. The number of ether oxygens (including phenoxy) is 1. The molecule has 0 unspecified atom stereocenters. The van der Waals surface area contributed by atoms with Gasteiger partial charge in [0.05, 0.1) is 19.0 Å². The van der Waals surface area contributed by atoms with E-state index in [1.807, 2.05) is 6.92 Å². The first kappa shape index (κ1) is 11.8. The smallest absolute Gasteiger partial charge is 0.192 e. The van der Waals surface area contributed by atoms with E-state index >= 15 is 0 Å². The summed E-state index contributed by atoms with van der Waals surface area (Å²) in [6.45, 7) is 2.65. The van der Waals surface area contributed by atoms with E-state index in [0.29, 0.717) is 11.4 Å². The van der Waals surface area contributed by atoms with Crippen LogP contribution in [0.3, 0.4) is 0 Å². The van der Waals surface area contributed by atoms with E-state index < -0.39 is 9.84 Å². The minimum atomic E-state index is -3.29. The van der Waals surface area contributed by atoms with Crippen LogP contribution in [0.1, 0.15) is 6.92 Å². The lowest BCUT2D eigenvalue weighted by Crippen LogP contribution is -2.04. The van der Waals surface area contributed by atoms with Gasteiger partial charge in [0, 0.05) is 18.9 Å². The Kier molecular flexibility index (Phi) is 3.52. The Bertz CT molecular complexity index is 443. The molecule has 84 valence electrons. The highest BCUT2D eigenvalue weighted by molar-refractivity contribution is 7.90. The van der Waals surface area contributed by atoms with Gasteiger partial charge >= 0.3 is 0 Å². The van der Waals surface area contributed by atoms with Crippen LogP contribution < -0.4 is 10.1 Å². The van der Waals surface area contributed by atoms with Crippen molar-refractivity contribution in [3.05, 3.63) is 12.3 Å². The minimum Gasteiger partial charge on any atom is -0.494 e. The molecule has 6 heteroatoms. The fraction of sp³-hybridized carbons (Fsp3) is 0.444.